The standard InChI is InChI=1S/C16H21F2NO/c1-2-19(12-6-3-4-7-12)11-10-15(20)13-8-5-9-14(17)16(13)18/h5,8-9,12H,2-4,6-7,10-11H2,1H3. The Morgan fingerprint density at radius 2 is 2.00 bits per heavy atom. The summed E-state index contributed by atoms with van der Waals surface area (Å²) in [4.78, 5) is 14.3. The van der Waals surface area contributed by atoms with Gasteiger partial charge in [0, 0.05) is 19.0 Å². The van der Waals surface area contributed by atoms with Crippen molar-refractivity contribution < 1.29 is 13.6 Å². The molecule has 0 amide bonds. The molecule has 2 rings (SSSR count). The van der Waals surface area contributed by atoms with Gasteiger partial charge in [-0.3, -0.25) is 4.79 Å². The second-order valence-corrected chi connectivity index (χ2v) is 5.34. The molecule has 0 saturated heterocycles. The summed E-state index contributed by atoms with van der Waals surface area (Å²) in [5, 5.41) is 0. The van der Waals surface area contributed by atoms with Crippen molar-refractivity contribution in [1.82, 2.24) is 4.90 Å². The molecule has 110 valence electrons. The third-order valence-corrected chi connectivity index (χ3v) is 4.13. The van der Waals surface area contributed by atoms with E-state index in [1.165, 1.54) is 37.8 Å². The highest BCUT2D eigenvalue weighted by molar-refractivity contribution is 5.96. The van der Waals surface area contributed by atoms with E-state index < -0.39 is 11.6 Å². The van der Waals surface area contributed by atoms with Crippen LogP contribution in [0.25, 0.3) is 0 Å². The Bertz CT molecular complexity index is 470. The van der Waals surface area contributed by atoms with E-state index in [9.17, 15) is 13.6 Å². The zero-order valence-electron chi connectivity index (χ0n) is 11.9. The maximum absolute atomic E-state index is 13.5. The van der Waals surface area contributed by atoms with Crippen molar-refractivity contribution in [3.63, 3.8) is 0 Å². The van der Waals surface area contributed by atoms with E-state index in [-0.39, 0.29) is 17.8 Å². The Hall–Kier alpha value is -1.29. The number of nitrogens with zero attached hydrogens (tertiary/aromatic N) is 1. The van der Waals surface area contributed by atoms with Gasteiger partial charge < -0.3 is 4.90 Å². The van der Waals surface area contributed by atoms with Crippen LogP contribution in [0.1, 0.15) is 49.4 Å². The van der Waals surface area contributed by atoms with Gasteiger partial charge in [0.25, 0.3) is 0 Å². The summed E-state index contributed by atoms with van der Waals surface area (Å²) < 4.78 is 26.7. The molecule has 1 aromatic rings. The van der Waals surface area contributed by atoms with Gasteiger partial charge in [0.05, 0.1) is 5.56 Å². The van der Waals surface area contributed by atoms with Gasteiger partial charge >= 0.3 is 0 Å². The molecule has 1 fully saturated rings. The lowest BCUT2D eigenvalue weighted by atomic mass is 10.1. The highest BCUT2D eigenvalue weighted by Crippen LogP contribution is 2.23. The second-order valence-electron chi connectivity index (χ2n) is 5.34. The number of rotatable bonds is 6. The van der Waals surface area contributed by atoms with Crippen LogP contribution in [0.15, 0.2) is 18.2 Å². The zero-order valence-corrected chi connectivity index (χ0v) is 11.9. The molecule has 4 heteroatoms. The Balaban J connectivity index is 1.95. The lowest BCUT2D eigenvalue weighted by Crippen LogP contribution is -2.34. The van der Waals surface area contributed by atoms with Gasteiger partial charge in [-0.05, 0) is 31.5 Å². The normalized spacial score (nSPS) is 16.0. The lowest BCUT2D eigenvalue weighted by molar-refractivity contribution is 0.0948. The van der Waals surface area contributed by atoms with Crippen LogP contribution in [0.2, 0.25) is 0 Å². The lowest BCUT2D eigenvalue weighted by Gasteiger charge is -2.27. The van der Waals surface area contributed by atoms with E-state index >= 15 is 0 Å². The Kier molecular flexibility index (Phi) is 5.24. The van der Waals surface area contributed by atoms with Crippen molar-refractivity contribution in [1.29, 1.82) is 0 Å². The minimum atomic E-state index is -1.03. The average molecular weight is 281 g/mol. The molecule has 0 bridgehead atoms. The molecule has 0 spiro atoms. The van der Waals surface area contributed by atoms with Crippen LogP contribution in [0, 0.1) is 11.6 Å². The zero-order chi connectivity index (χ0) is 14.5. The van der Waals surface area contributed by atoms with Crippen molar-refractivity contribution in [3.8, 4) is 0 Å². The smallest absolute Gasteiger partial charge is 0.169 e. The van der Waals surface area contributed by atoms with Gasteiger partial charge in [-0.1, -0.05) is 25.8 Å². The van der Waals surface area contributed by atoms with Crippen molar-refractivity contribution in [2.45, 2.75) is 45.1 Å². The van der Waals surface area contributed by atoms with Crippen molar-refractivity contribution in [2.75, 3.05) is 13.1 Å². The van der Waals surface area contributed by atoms with Crippen LogP contribution in [-0.4, -0.2) is 29.8 Å². The molecule has 0 atom stereocenters. The molecular weight excluding hydrogens is 260 g/mol. The molecule has 0 unspecified atom stereocenters. The van der Waals surface area contributed by atoms with Crippen LogP contribution >= 0.6 is 0 Å². The highest BCUT2D eigenvalue weighted by Gasteiger charge is 2.22. The predicted molar refractivity (Wildman–Crippen MR) is 74.8 cm³/mol. The van der Waals surface area contributed by atoms with Crippen molar-refractivity contribution in [2.24, 2.45) is 0 Å². The molecule has 0 radical (unpaired) electrons. The molecule has 1 aliphatic rings. The number of carbonyl (C=O) groups excluding carboxylic acids is 1. The summed E-state index contributed by atoms with van der Waals surface area (Å²) in [5.74, 6) is -2.31. The second kappa shape index (κ2) is 6.93. The van der Waals surface area contributed by atoms with Gasteiger partial charge in [-0.25, -0.2) is 8.78 Å². The van der Waals surface area contributed by atoms with Crippen LogP contribution < -0.4 is 0 Å². The fourth-order valence-corrected chi connectivity index (χ4v) is 2.97. The number of hydrogen-bond donors (Lipinski definition) is 0. The number of halogens is 2. The molecule has 0 aromatic heterocycles. The van der Waals surface area contributed by atoms with E-state index in [4.69, 9.17) is 0 Å². The quantitative estimate of drug-likeness (QED) is 0.739. The third kappa shape index (κ3) is 3.42. The monoisotopic (exact) mass is 281 g/mol. The fraction of sp³-hybridized carbons (Fsp3) is 0.562. The van der Waals surface area contributed by atoms with E-state index in [1.807, 2.05) is 0 Å². The van der Waals surface area contributed by atoms with Gasteiger partial charge in [0.2, 0.25) is 0 Å². The first kappa shape index (κ1) is 15.1. The van der Waals surface area contributed by atoms with Gasteiger partial charge in [-0.2, -0.15) is 0 Å². The number of carbonyl (C=O) groups is 1. The van der Waals surface area contributed by atoms with E-state index in [1.54, 1.807) is 0 Å². The van der Waals surface area contributed by atoms with Crippen LogP contribution in [0.4, 0.5) is 8.78 Å². The Morgan fingerprint density at radius 1 is 1.30 bits per heavy atom. The fourth-order valence-electron chi connectivity index (χ4n) is 2.97. The summed E-state index contributed by atoms with van der Waals surface area (Å²) in [5.41, 5.74) is -0.132. The largest absolute Gasteiger partial charge is 0.300 e. The summed E-state index contributed by atoms with van der Waals surface area (Å²) in [6.07, 6.45) is 5.08. The SMILES string of the molecule is CCN(CCC(=O)c1cccc(F)c1F)C1CCCC1. The maximum Gasteiger partial charge on any atom is 0.169 e. The summed E-state index contributed by atoms with van der Waals surface area (Å²) in [6.45, 7) is 3.59. The molecular formula is C16H21F2NO. The molecule has 0 N–H and O–H groups in total. The number of benzene rings is 1. The van der Waals surface area contributed by atoms with Crippen LogP contribution in [0.3, 0.4) is 0 Å². The molecule has 0 heterocycles. The predicted octanol–water partition coefficient (Wildman–Crippen LogP) is 3.80. The number of hydrogen-bond acceptors (Lipinski definition) is 2. The molecule has 0 aliphatic heterocycles. The van der Waals surface area contributed by atoms with E-state index in [2.05, 4.69) is 11.8 Å². The topological polar surface area (TPSA) is 20.3 Å². The average Bonchev–Trinajstić information content (AvgIpc) is 2.96. The van der Waals surface area contributed by atoms with E-state index in [0.29, 0.717) is 12.6 Å². The van der Waals surface area contributed by atoms with Crippen LogP contribution in [0.5, 0.6) is 0 Å². The summed E-state index contributed by atoms with van der Waals surface area (Å²) in [7, 11) is 0. The van der Waals surface area contributed by atoms with Crippen molar-refractivity contribution >= 4 is 5.78 Å². The number of ketones is 1. The molecule has 2 nitrogen and oxygen atoms in total. The molecule has 20 heavy (non-hydrogen) atoms. The Labute approximate surface area is 118 Å². The number of Topliss-reactive ketones (excluding diaryl/α,β-unsaturated/α-hetero) is 1. The van der Waals surface area contributed by atoms with Gasteiger partial charge in [0.15, 0.2) is 17.4 Å². The molecule has 1 saturated carbocycles. The maximum atomic E-state index is 13.5. The van der Waals surface area contributed by atoms with Crippen LogP contribution in [-0.2, 0) is 0 Å². The molecule has 1 aliphatic carbocycles. The third-order valence-electron chi connectivity index (χ3n) is 4.13. The Morgan fingerprint density at radius 3 is 2.65 bits per heavy atom. The summed E-state index contributed by atoms with van der Waals surface area (Å²) in [6, 6.07) is 4.31. The van der Waals surface area contributed by atoms with E-state index in [0.717, 1.165) is 12.6 Å². The first-order valence-electron chi connectivity index (χ1n) is 7.34. The van der Waals surface area contributed by atoms with Crippen molar-refractivity contribution in [3.05, 3.63) is 35.4 Å². The van der Waals surface area contributed by atoms with Gasteiger partial charge in [-0.15, -0.1) is 0 Å². The first-order chi connectivity index (χ1) is 9.63. The van der Waals surface area contributed by atoms with Gasteiger partial charge in [0.1, 0.15) is 0 Å². The minimum absolute atomic E-state index is 0.132. The minimum Gasteiger partial charge on any atom is -0.300 e. The highest BCUT2D eigenvalue weighted by atomic mass is 19.2. The summed E-state index contributed by atoms with van der Waals surface area (Å²) >= 11 is 0. The molecule has 1 aromatic carbocycles. The first-order valence-corrected chi connectivity index (χ1v) is 7.34.